The summed E-state index contributed by atoms with van der Waals surface area (Å²) in [6.07, 6.45) is 3.04. The number of benzene rings is 1. The summed E-state index contributed by atoms with van der Waals surface area (Å²) < 4.78 is 32.2. The zero-order valence-corrected chi connectivity index (χ0v) is 14.5. The average Bonchev–Trinajstić information content (AvgIpc) is 3.33. The number of amides is 1. The number of aromatic nitrogens is 2. The molecule has 0 unspecified atom stereocenters. The molecule has 5 nitrogen and oxygen atoms in total. The van der Waals surface area contributed by atoms with Crippen molar-refractivity contribution in [2.24, 2.45) is 0 Å². The van der Waals surface area contributed by atoms with Gasteiger partial charge in [0.05, 0.1) is 11.8 Å². The molecule has 4 rings (SSSR count). The Labute approximate surface area is 152 Å². The average molecular weight is 375 g/mol. The van der Waals surface area contributed by atoms with Crippen LogP contribution in [0.3, 0.4) is 0 Å². The van der Waals surface area contributed by atoms with Gasteiger partial charge in [-0.1, -0.05) is 11.3 Å². The second-order valence-electron chi connectivity index (χ2n) is 6.11. The minimum Gasteiger partial charge on any atom is -0.462 e. The Bertz CT molecular complexity index is 918. The minimum atomic E-state index is -0.829. The summed E-state index contributed by atoms with van der Waals surface area (Å²) in [5, 5.41) is 10.1. The van der Waals surface area contributed by atoms with E-state index in [2.05, 4.69) is 10.2 Å². The van der Waals surface area contributed by atoms with E-state index in [1.54, 1.807) is 17.2 Å². The van der Waals surface area contributed by atoms with Crippen molar-refractivity contribution in [1.82, 2.24) is 15.1 Å². The van der Waals surface area contributed by atoms with Crippen LogP contribution in [0.25, 0.3) is 10.8 Å². The molecule has 1 aliphatic heterocycles. The third-order valence-electron chi connectivity index (χ3n) is 4.47. The molecule has 0 N–H and O–H groups in total. The minimum absolute atomic E-state index is 0.0964. The topological polar surface area (TPSA) is 59.2 Å². The molecule has 3 heterocycles. The van der Waals surface area contributed by atoms with Gasteiger partial charge in [0.1, 0.15) is 16.6 Å². The van der Waals surface area contributed by atoms with Crippen LogP contribution in [0.15, 0.2) is 41.0 Å². The Morgan fingerprint density at radius 3 is 2.69 bits per heavy atom. The number of halogens is 2. The van der Waals surface area contributed by atoms with Crippen LogP contribution in [0, 0.1) is 11.6 Å². The predicted octanol–water partition coefficient (Wildman–Crippen LogP) is 4.10. The van der Waals surface area contributed by atoms with Gasteiger partial charge in [-0.15, -0.1) is 10.2 Å². The maximum absolute atomic E-state index is 13.8. The Morgan fingerprint density at radius 2 is 2.00 bits per heavy atom. The van der Waals surface area contributed by atoms with Gasteiger partial charge in [0, 0.05) is 25.1 Å². The van der Waals surface area contributed by atoms with E-state index >= 15 is 0 Å². The molecule has 26 heavy (non-hydrogen) atoms. The lowest BCUT2D eigenvalue weighted by molar-refractivity contribution is 0.0708. The van der Waals surface area contributed by atoms with Crippen LogP contribution in [0.1, 0.15) is 34.1 Å². The summed E-state index contributed by atoms with van der Waals surface area (Å²) in [6.45, 7) is 0.992. The molecule has 8 heteroatoms. The Hall–Kier alpha value is -2.61. The summed E-state index contributed by atoms with van der Waals surface area (Å²) in [5.41, 5.74) is -0.0964. The van der Waals surface area contributed by atoms with Crippen molar-refractivity contribution < 1.29 is 18.0 Å². The van der Waals surface area contributed by atoms with E-state index in [1.165, 1.54) is 17.4 Å². The first-order valence-corrected chi connectivity index (χ1v) is 9.05. The number of carbonyl (C=O) groups excluding carboxylic acids is 1. The molecule has 1 saturated heterocycles. The Balaban J connectivity index is 1.42. The lowest BCUT2D eigenvalue weighted by Gasteiger charge is -2.31. The predicted molar refractivity (Wildman–Crippen MR) is 91.8 cm³/mol. The van der Waals surface area contributed by atoms with Gasteiger partial charge in [0.15, 0.2) is 10.8 Å². The van der Waals surface area contributed by atoms with Gasteiger partial charge in [-0.25, -0.2) is 8.78 Å². The smallest absolute Gasteiger partial charge is 0.256 e. The van der Waals surface area contributed by atoms with E-state index in [9.17, 15) is 13.6 Å². The number of nitrogens with zero attached hydrogens (tertiary/aromatic N) is 3. The van der Waals surface area contributed by atoms with Crippen molar-refractivity contribution >= 4 is 17.2 Å². The summed E-state index contributed by atoms with van der Waals surface area (Å²) in [7, 11) is 0. The molecular weight excluding hydrogens is 360 g/mol. The third kappa shape index (κ3) is 3.24. The van der Waals surface area contributed by atoms with E-state index in [1.807, 2.05) is 6.07 Å². The van der Waals surface area contributed by atoms with Gasteiger partial charge in [0.25, 0.3) is 5.91 Å². The molecule has 0 aliphatic carbocycles. The number of piperidine rings is 1. The standard InChI is InChI=1S/C18H15F2N3O2S/c19-12-3-4-13(14(20)10-12)18(24)23-7-5-11(6-8-23)16-21-22-17(26-16)15-2-1-9-25-15/h1-4,9-11H,5-8H2. The molecule has 0 atom stereocenters. The molecule has 3 aromatic rings. The molecule has 134 valence electrons. The monoisotopic (exact) mass is 375 g/mol. The van der Waals surface area contributed by atoms with Gasteiger partial charge < -0.3 is 9.32 Å². The third-order valence-corrected chi connectivity index (χ3v) is 5.57. The summed E-state index contributed by atoms with van der Waals surface area (Å²) >= 11 is 1.49. The summed E-state index contributed by atoms with van der Waals surface area (Å²) in [6, 6.07) is 6.66. The van der Waals surface area contributed by atoms with Gasteiger partial charge >= 0.3 is 0 Å². The number of furan rings is 1. The maximum Gasteiger partial charge on any atom is 0.256 e. The highest BCUT2D eigenvalue weighted by atomic mass is 32.1. The summed E-state index contributed by atoms with van der Waals surface area (Å²) in [5.74, 6) is -1.04. The number of carbonyl (C=O) groups is 1. The largest absolute Gasteiger partial charge is 0.462 e. The quantitative estimate of drug-likeness (QED) is 0.692. The normalized spacial score (nSPS) is 15.4. The van der Waals surface area contributed by atoms with Crippen LogP contribution in [0.2, 0.25) is 0 Å². The number of hydrogen-bond acceptors (Lipinski definition) is 5. The maximum atomic E-state index is 13.8. The number of likely N-dealkylation sites (tertiary alicyclic amines) is 1. The van der Waals surface area contributed by atoms with Crippen LogP contribution >= 0.6 is 11.3 Å². The van der Waals surface area contributed by atoms with E-state index in [0.717, 1.165) is 35.0 Å². The fourth-order valence-electron chi connectivity index (χ4n) is 3.06. The SMILES string of the molecule is O=C(c1ccc(F)cc1F)N1CCC(c2nnc(-c3ccco3)s2)CC1. The first-order chi connectivity index (χ1) is 12.6. The number of hydrogen-bond donors (Lipinski definition) is 0. The van der Waals surface area contributed by atoms with Crippen LogP contribution < -0.4 is 0 Å². The molecule has 0 bridgehead atoms. The molecule has 0 radical (unpaired) electrons. The highest BCUT2D eigenvalue weighted by molar-refractivity contribution is 7.14. The Morgan fingerprint density at radius 1 is 1.19 bits per heavy atom. The fraction of sp³-hybridized carbons (Fsp3) is 0.278. The molecular formula is C18H15F2N3O2S. The van der Waals surface area contributed by atoms with Crippen molar-refractivity contribution in [3.05, 3.63) is 58.8 Å². The fourth-order valence-corrected chi connectivity index (χ4v) is 4.04. The molecule has 0 saturated carbocycles. The van der Waals surface area contributed by atoms with Crippen LogP contribution in [-0.4, -0.2) is 34.1 Å². The zero-order chi connectivity index (χ0) is 18.1. The summed E-state index contributed by atoms with van der Waals surface area (Å²) in [4.78, 5) is 14.1. The van der Waals surface area contributed by atoms with E-state index in [4.69, 9.17) is 4.42 Å². The Kier molecular flexibility index (Phi) is 4.50. The van der Waals surface area contributed by atoms with Gasteiger partial charge in [-0.2, -0.15) is 0 Å². The molecule has 2 aromatic heterocycles. The molecule has 0 spiro atoms. The van der Waals surface area contributed by atoms with Crippen LogP contribution in [0.5, 0.6) is 0 Å². The highest BCUT2D eigenvalue weighted by Crippen LogP contribution is 2.34. The van der Waals surface area contributed by atoms with Crippen molar-refractivity contribution in [3.8, 4) is 10.8 Å². The first-order valence-electron chi connectivity index (χ1n) is 8.23. The second-order valence-corrected chi connectivity index (χ2v) is 7.12. The molecule has 1 amide bonds. The van der Waals surface area contributed by atoms with Crippen LogP contribution in [0.4, 0.5) is 8.78 Å². The van der Waals surface area contributed by atoms with E-state index < -0.39 is 17.5 Å². The zero-order valence-electron chi connectivity index (χ0n) is 13.7. The van der Waals surface area contributed by atoms with Gasteiger partial charge in [0.2, 0.25) is 0 Å². The molecule has 1 fully saturated rings. The van der Waals surface area contributed by atoms with Gasteiger partial charge in [-0.3, -0.25) is 4.79 Å². The lowest BCUT2D eigenvalue weighted by atomic mass is 9.97. The van der Waals surface area contributed by atoms with Crippen LogP contribution in [-0.2, 0) is 0 Å². The first kappa shape index (κ1) is 16.8. The number of rotatable bonds is 3. The molecule has 1 aromatic carbocycles. The molecule has 1 aliphatic rings. The lowest BCUT2D eigenvalue weighted by Crippen LogP contribution is -2.38. The van der Waals surface area contributed by atoms with Crippen molar-refractivity contribution in [2.75, 3.05) is 13.1 Å². The van der Waals surface area contributed by atoms with Crippen molar-refractivity contribution in [3.63, 3.8) is 0 Å². The van der Waals surface area contributed by atoms with E-state index in [-0.39, 0.29) is 11.5 Å². The van der Waals surface area contributed by atoms with Gasteiger partial charge in [-0.05, 0) is 37.1 Å². The van der Waals surface area contributed by atoms with Crippen molar-refractivity contribution in [1.29, 1.82) is 0 Å². The van der Waals surface area contributed by atoms with E-state index in [0.29, 0.717) is 18.8 Å². The highest BCUT2D eigenvalue weighted by Gasteiger charge is 2.28. The second kappa shape index (κ2) is 6.95. The van der Waals surface area contributed by atoms with Crippen molar-refractivity contribution in [2.45, 2.75) is 18.8 Å².